The van der Waals surface area contributed by atoms with Crippen molar-refractivity contribution < 1.29 is 18.7 Å². The topological polar surface area (TPSA) is 48.3 Å². The average molecular weight is 480 g/mol. The summed E-state index contributed by atoms with van der Waals surface area (Å²) in [6.45, 7) is 0.619. The van der Waals surface area contributed by atoms with Gasteiger partial charge >= 0.3 is 5.97 Å². The van der Waals surface area contributed by atoms with Gasteiger partial charge in [0.2, 0.25) is 0 Å². The molecular weight excluding hydrogens is 461 g/mol. The summed E-state index contributed by atoms with van der Waals surface area (Å²) in [5.41, 5.74) is 2.54. The van der Waals surface area contributed by atoms with E-state index in [-0.39, 0.29) is 29.9 Å². The number of rotatable bonds is 4. The molecule has 0 saturated carbocycles. The van der Waals surface area contributed by atoms with Crippen molar-refractivity contribution >= 4 is 49.4 Å². The summed E-state index contributed by atoms with van der Waals surface area (Å²) in [5, 5.41) is 2.71. The van der Waals surface area contributed by atoms with Crippen LogP contribution >= 0.6 is 15.9 Å². The van der Waals surface area contributed by atoms with Crippen LogP contribution in [0.5, 0.6) is 0 Å². The highest BCUT2D eigenvalue weighted by Crippen LogP contribution is 2.43. The van der Waals surface area contributed by atoms with Crippen LogP contribution < -0.4 is 0 Å². The summed E-state index contributed by atoms with van der Waals surface area (Å²) in [4.78, 5) is 25.8. The van der Waals surface area contributed by atoms with Gasteiger partial charge in [-0.1, -0.05) is 36.4 Å². The SMILES string of the molecule is COC(=O)CC1CCn2c1c(C(=O)c1ccc3ccccc3c1)c1c(Br)cc(F)cc12. The molecule has 6 heteroatoms. The lowest BCUT2D eigenvalue weighted by molar-refractivity contribution is -0.141. The van der Waals surface area contributed by atoms with Crippen molar-refractivity contribution in [1.82, 2.24) is 4.57 Å². The number of benzene rings is 3. The van der Waals surface area contributed by atoms with Crippen LogP contribution in [-0.4, -0.2) is 23.4 Å². The van der Waals surface area contributed by atoms with Gasteiger partial charge in [-0.25, -0.2) is 4.39 Å². The van der Waals surface area contributed by atoms with Crippen LogP contribution in [0.1, 0.15) is 40.4 Å². The minimum Gasteiger partial charge on any atom is -0.469 e. The van der Waals surface area contributed by atoms with Gasteiger partial charge < -0.3 is 9.30 Å². The van der Waals surface area contributed by atoms with E-state index in [1.54, 1.807) is 0 Å². The molecule has 31 heavy (non-hydrogen) atoms. The molecule has 0 fully saturated rings. The molecule has 0 bridgehead atoms. The number of fused-ring (bicyclic) bond motifs is 4. The molecule has 3 aromatic carbocycles. The van der Waals surface area contributed by atoms with E-state index in [0.29, 0.717) is 39.5 Å². The number of halogens is 2. The summed E-state index contributed by atoms with van der Waals surface area (Å²) in [6, 6.07) is 16.3. The molecule has 1 aromatic heterocycles. The highest BCUT2D eigenvalue weighted by Gasteiger charge is 2.35. The summed E-state index contributed by atoms with van der Waals surface area (Å²) in [6.07, 6.45) is 0.886. The van der Waals surface area contributed by atoms with Gasteiger partial charge in [0.05, 0.1) is 24.6 Å². The van der Waals surface area contributed by atoms with Gasteiger partial charge in [-0.05, 0) is 51.3 Å². The van der Waals surface area contributed by atoms with Gasteiger partial charge in [-0.2, -0.15) is 0 Å². The number of ketones is 1. The van der Waals surface area contributed by atoms with E-state index >= 15 is 0 Å². The van der Waals surface area contributed by atoms with Crippen molar-refractivity contribution in [3.63, 3.8) is 0 Å². The molecule has 0 N–H and O–H groups in total. The summed E-state index contributed by atoms with van der Waals surface area (Å²) in [5.74, 6) is -0.985. The second-order valence-electron chi connectivity index (χ2n) is 7.85. The molecule has 0 spiro atoms. The van der Waals surface area contributed by atoms with Gasteiger partial charge in [0.25, 0.3) is 0 Å². The van der Waals surface area contributed by atoms with Crippen molar-refractivity contribution in [2.75, 3.05) is 7.11 Å². The van der Waals surface area contributed by atoms with Crippen molar-refractivity contribution in [1.29, 1.82) is 0 Å². The van der Waals surface area contributed by atoms with E-state index in [9.17, 15) is 14.0 Å². The van der Waals surface area contributed by atoms with E-state index in [4.69, 9.17) is 4.74 Å². The van der Waals surface area contributed by atoms with Gasteiger partial charge in [0, 0.05) is 33.6 Å². The Balaban J connectivity index is 1.74. The number of hydrogen-bond acceptors (Lipinski definition) is 3. The highest BCUT2D eigenvalue weighted by molar-refractivity contribution is 9.10. The fourth-order valence-electron chi connectivity index (χ4n) is 4.69. The Kier molecular flexibility index (Phi) is 4.89. The standard InChI is InChI=1S/C25H19BrFNO3/c1-31-21(29)11-16-8-9-28-20-13-18(27)12-19(26)22(20)23(24(16)28)25(30)17-7-6-14-4-2-3-5-15(14)10-17/h2-7,10,12-13,16H,8-9,11H2,1H3. The Labute approximate surface area is 186 Å². The Morgan fingerprint density at radius 1 is 1.13 bits per heavy atom. The number of carbonyl (C=O) groups excluding carboxylic acids is 2. The first kappa shape index (κ1) is 19.9. The summed E-state index contributed by atoms with van der Waals surface area (Å²) < 4.78 is 21.6. The third-order valence-electron chi connectivity index (χ3n) is 6.09. The van der Waals surface area contributed by atoms with E-state index in [2.05, 4.69) is 15.9 Å². The van der Waals surface area contributed by atoms with E-state index in [1.807, 2.05) is 47.0 Å². The van der Waals surface area contributed by atoms with Crippen LogP contribution in [0.25, 0.3) is 21.7 Å². The quantitative estimate of drug-likeness (QED) is 0.267. The van der Waals surface area contributed by atoms with Gasteiger partial charge in [0.15, 0.2) is 5.78 Å². The number of carbonyl (C=O) groups is 2. The summed E-state index contributed by atoms with van der Waals surface area (Å²) in [7, 11) is 1.36. The average Bonchev–Trinajstić information content (AvgIpc) is 3.31. The molecule has 4 nitrogen and oxygen atoms in total. The van der Waals surface area contributed by atoms with E-state index < -0.39 is 0 Å². The Morgan fingerprint density at radius 2 is 1.90 bits per heavy atom. The second-order valence-corrected chi connectivity index (χ2v) is 8.70. The molecule has 0 amide bonds. The van der Waals surface area contributed by atoms with Crippen molar-refractivity contribution in [3.8, 4) is 0 Å². The van der Waals surface area contributed by atoms with Gasteiger partial charge in [-0.3, -0.25) is 9.59 Å². The minimum absolute atomic E-state index is 0.131. The lowest BCUT2D eigenvalue weighted by Crippen LogP contribution is -2.11. The highest BCUT2D eigenvalue weighted by atomic mass is 79.9. The number of hydrogen-bond donors (Lipinski definition) is 0. The lowest BCUT2D eigenvalue weighted by Gasteiger charge is -2.12. The number of ether oxygens (including phenoxy) is 1. The first-order chi connectivity index (χ1) is 15.0. The Hall–Kier alpha value is -2.99. The molecule has 156 valence electrons. The van der Waals surface area contributed by atoms with Gasteiger partial charge in [-0.15, -0.1) is 0 Å². The van der Waals surface area contributed by atoms with Gasteiger partial charge in [0.1, 0.15) is 5.82 Å². The smallest absolute Gasteiger partial charge is 0.306 e. The predicted octanol–water partition coefficient (Wildman–Crippen LogP) is 5.98. The molecule has 1 aliphatic rings. The zero-order valence-electron chi connectivity index (χ0n) is 16.8. The number of nitrogens with zero attached hydrogens (tertiary/aromatic N) is 1. The van der Waals surface area contributed by atoms with Crippen LogP contribution in [0, 0.1) is 5.82 Å². The molecule has 5 rings (SSSR count). The van der Waals surface area contributed by atoms with Crippen molar-refractivity contribution in [3.05, 3.63) is 81.7 Å². The largest absolute Gasteiger partial charge is 0.469 e. The second kappa shape index (κ2) is 7.61. The molecule has 4 aromatic rings. The van der Waals surface area contributed by atoms with Crippen LogP contribution in [0.3, 0.4) is 0 Å². The number of esters is 1. The van der Waals surface area contributed by atoms with Crippen molar-refractivity contribution in [2.24, 2.45) is 0 Å². The maximum atomic E-state index is 14.2. The molecule has 2 heterocycles. The van der Waals surface area contributed by atoms with Crippen molar-refractivity contribution in [2.45, 2.75) is 25.3 Å². The van der Waals surface area contributed by atoms with Crippen LogP contribution in [-0.2, 0) is 16.1 Å². The third-order valence-corrected chi connectivity index (χ3v) is 6.71. The van der Waals surface area contributed by atoms with Crippen LogP contribution in [0.2, 0.25) is 0 Å². The number of methoxy groups -OCH3 is 1. The zero-order valence-corrected chi connectivity index (χ0v) is 18.4. The van der Waals surface area contributed by atoms with E-state index in [1.165, 1.54) is 19.2 Å². The minimum atomic E-state index is -0.374. The molecule has 0 radical (unpaired) electrons. The monoisotopic (exact) mass is 479 g/mol. The maximum absolute atomic E-state index is 14.2. The Morgan fingerprint density at radius 3 is 2.68 bits per heavy atom. The number of aromatic nitrogens is 1. The summed E-state index contributed by atoms with van der Waals surface area (Å²) >= 11 is 3.47. The Bertz CT molecular complexity index is 1370. The number of aryl methyl sites for hydroxylation is 1. The molecule has 0 aliphatic carbocycles. The molecule has 1 aliphatic heterocycles. The molecule has 1 atom stereocenters. The lowest BCUT2D eigenvalue weighted by atomic mass is 9.91. The molecule has 1 unspecified atom stereocenters. The first-order valence-corrected chi connectivity index (χ1v) is 10.9. The zero-order chi connectivity index (χ0) is 21.7. The van der Waals surface area contributed by atoms with E-state index in [0.717, 1.165) is 16.5 Å². The van der Waals surface area contributed by atoms with Crippen LogP contribution in [0.4, 0.5) is 4.39 Å². The fraction of sp³-hybridized carbons (Fsp3) is 0.200. The third kappa shape index (κ3) is 3.26. The first-order valence-electron chi connectivity index (χ1n) is 10.1. The predicted molar refractivity (Wildman–Crippen MR) is 121 cm³/mol. The fourth-order valence-corrected chi connectivity index (χ4v) is 5.31. The normalized spacial score (nSPS) is 15.4. The molecule has 0 saturated heterocycles. The maximum Gasteiger partial charge on any atom is 0.306 e. The molecular formula is C25H19BrFNO3. The van der Waals surface area contributed by atoms with Crippen LogP contribution in [0.15, 0.2) is 59.1 Å².